The van der Waals surface area contributed by atoms with E-state index in [1.54, 1.807) is 0 Å². The van der Waals surface area contributed by atoms with Crippen LogP contribution in [0.4, 0.5) is 0 Å². The van der Waals surface area contributed by atoms with Crippen LogP contribution in [0.15, 0.2) is 48.7 Å². The number of rotatable bonds is 6. The van der Waals surface area contributed by atoms with Gasteiger partial charge in [0.15, 0.2) is 0 Å². The first-order valence-electron chi connectivity index (χ1n) is 8.47. The standard InChI is InChI=1S/C20H24N4O/c1-15-4-6-16(7-5-15)14-24-19-12-17(8-9-18(19)13-22-24)20(25)21-10-11-23(2)3/h4-9,12-13H,10-11,14H2,1-3H3,(H,21,25). The molecule has 1 heterocycles. The lowest BCUT2D eigenvalue weighted by Gasteiger charge is -2.10. The molecule has 0 radical (unpaired) electrons. The van der Waals surface area contributed by atoms with E-state index in [0.29, 0.717) is 18.7 Å². The van der Waals surface area contributed by atoms with E-state index in [9.17, 15) is 4.79 Å². The lowest BCUT2D eigenvalue weighted by atomic mass is 10.1. The zero-order valence-corrected chi connectivity index (χ0v) is 15.0. The van der Waals surface area contributed by atoms with Crippen LogP contribution in [0.25, 0.3) is 10.9 Å². The number of carbonyl (C=O) groups is 1. The summed E-state index contributed by atoms with van der Waals surface area (Å²) in [6.45, 7) is 4.22. The zero-order chi connectivity index (χ0) is 17.8. The third kappa shape index (κ3) is 4.25. The van der Waals surface area contributed by atoms with Gasteiger partial charge in [-0.25, -0.2) is 0 Å². The zero-order valence-electron chi connectivity index (χ0n) is 15.0. The molecular formula is C20H24N4O. The maximum Gasteiger partial charge on any atom is 0.251 e. The average Bonchev–Trinajstić information content (AvgIpc) is 2.98. The molecule has 0 spiro atoms. The molecule has 0 aliphatic heterocycles. The smallest absolute Gasteiger partial charge is 0.251 e. The van der Waals surface area contributed by atoms with Gasteiger partial charge in [-0.2, -0.15) is 5.10 Å². The van der Waals surface area contributed by atoms with E-state index in [0.717, 1.165) is 17.4 Å². The molecule has 0 fully saturated rings. The summed E-state index contributed by atoms with van der Waals surface area (Å²) in [7, 11) is 3.98. The fourth-order valence-corrected chi connectivity index (χ4v) is 2.70. The van der Waals surface area contributed by atoms with Gasteiger partial charge in [0.25, 0.3) is 5.91 Å². The van der Waals surface area contributed by atoms with Gasteiger partial charge < -0.3 is 10.2 Å². The highest BCUT2D eigenvalue weighted by Gasteiger charge is 2.09. The molecule has 0 saturated heterocycles. The van der Waals surface area contributed by atoms with Crippen molar-refractivity contribution in [2.75, 3.05) is 27.2 Å². The number of likely N-dealkylation sites (N-methyl/N-ethyl adjacent to an activating group) is 1. The Labute approximate surface area is 148 Å². The molecule has 0 bridgehead atoms. The van der Waals surface area contributed by atoms with Gasteiger partial charge in [0, 0.05) is 24.0 Å². The van der Waals surface area contributed by atoms with Crippen LogP contribution in [0, 0.1) is 6.92 Å². The van der Waals surface area contributed by atoms with Crippen molar-refractivity contribution in [3.63, 3.8) is 0 Å². The third-order valence-electron chi connectivity index (χ3n) is 4.20. The molecular weight excluding hydrogens is 312 g/mol. The Morgan fingerprint density at radius 2 is 1.92 bits per heavy atom. The minimum Gasteiger partial charge on any atom is -0.351 e. The molecule has 130 valence electrons. The van der Waals surface area contributed by atoms with Crippen molar-refractivity contribution < 1.29 is 4.79 Å². The molecule has 1 aromatic heterocycles. The second-order valence-electron chi connectivity index (χ2n) is 6.62. The fourth-order valence-electron chi connectivity index (χ4n) is 2.70. The quantitative estimate of drug-likeness (QED) is 0.753. The molecule has 3 aromatic rings. The highest BCUT2D eigenvalue weighted by atomic mass is 16.1. The van der Waals surface area contributed by atoms with Gasteiger partial charge in [0.1, 0.15) is 0 Å². The van der Waals surface area contributed by atoms with Crippen LogP contribution in [0.3, 0.4) is 0 Å². The first-order valence-corrected chi connectivity index (χ1v) is 8.47. The monoisotopic (exact) mass is 336 g/mol. The number of aromatic nitrogens is 2. The Morgan fingerprint density at radius 3 is 2.64 bits per heavy atom. The van der Waals surface area contributed by atoms with E-state index >= 15 is 0 Å². The molecule has 0 aliphatic carbocycles. The largest absolute Gasteiger partial charge is 0.351 e. The van der Waals surface area contributed by atoms with Crippen LogP contribution in [-0.2, 0) is 6.54 Å². The minimum atomic E-state index is -0.0492. The molecule has 1 N–H and O–H groups in total. The number of amides is 1. The second-order valence-corrected chi connectivity index (χ2v) is 6.62. The molecule has 3 rings (SSSR count). The lowest BCUT2D eigenvalue weighted by molar-refractivity contribution is 0.0951. The van der Waals surface area contributed by atoms with Gasteiger partial charge in [-0.1, -0.05) is 35.9 Å². The van der Waals surface area contributed by atoms with Crippen molar-refractivity contribution in [3.05, 3.63) is 65.4 Å². The normalized spacial score (nSPS) is 11.2. The first-order chi connectivity index (χ1) is 12.0. The predicted octanol–water partition coefficient (Wildman–Crippen LogP) is 2.68. The molecule has 2 aromatic carbocycles. The number of nitrogens with one attached hydrogen (secondary N) is 1. The number of benzene rings is 2. The average molecular weight is 336 g/mol. The maximum atomic E-state index is 12.3. The van der Waals surface area contributed by atoms with Gasteiger partial charge in [0.2, 0.25) is 0 Å². The molecule has 0 atom stereocenters. The van der Waals surface area contributed by atoms with Crippen molar-refractivity contribution in [2.45, 2.75) is 13.5 Å². The van der Waals surface area contributed by atoms with E-state index in [4.69, 9.17) is 0 Å². The number of carbonyl (C=O) groups excluding carboxylic acids is 1. The van der Waals surface area contributed by atoms with Crippen LogP contribution >= 0.6 is 0 Å². The number of hydrogen-bond acceptors (Lipinski definition) is 3. The number of hydrogen-bond donors (Lipinski definition) is 1. The second kappa shape index (κ2) is 7.49. The Kier molecular flexibility index (Phi) is 5.14. The van der Waals surface area contributed by atoms with Crippen LogP contribution in [-0.4, -0.2) is 47.8 Å². The van der Waals surface area contributed by atoms with E-state index in [2.05, 4.69) is 41.6 Å². The van der Waals surface area contributed by atoms with Crippen molar-refractivity contribution in [3.8, 4) is 0 Å². The molecule has 5 heteroatoms. The molecule has 25 heavy (non-hydrogen) atoms. The summed E-state index contributed by atoms with van der Waals surface area (Å²) in [6, 6.07) is 14.2. The van der Waals surface area contributed by atoms with Crippen molar-refractivity contribution in [1.82, 2.24) is 20.0 Å². The Hall–Kier alpha value is -2.66. The molecule has 0 saturated carbocycles. The lowest BCUT2D eigenvalue weighted by Crippen LogP contribution is -2.31. The van der Waals surface area contributed by atoms with Crippen molar-refractivity contribution in [1.29, 1.82) is 0 Å². The number of nitrogens with zero attached hydrogens (tertiary/aromatic N) is 3. The number of fused-ring (bicyclic) bond motifs is 1. The highest BCUT2D eigenvalue weighted by molar-refractivity contribution is 5.97. The van der Waals surface area contributed by atoms with E-state index < -0.39 is 0 Å². The molecule has 0 aliphatic rings. The van der Waals surface area contributed by atoms with Crippen LogP contribution < -0.4 is 5.32 Å². The van der Waals surface area contributed by atoms with Crippen LogP contribution in [0.1, 0.15) is 21.5 Å². The SMILES string of the molecule is Cc1ccc(Cn2ncc3ccc(C(=O)NCCN(C)C)cc32)cc1. The van der Waals surface area contributed by atoms with Crippen LogP contribution in [0.5, 0.6) is 0 Å². The van der Waals surface area contributed by atoms with Gasteiger partial charge in [-0.3, -0.25) is 9.48 Å². The Bertz CT molecular complexity index is 865. The van der Waals surface area contributed by atoms with E-state index in [1.807, 2.05) is 48.1 Å². The van der Waals surface area contributed by atoms with E-state index in [-0.39, 0.29) is 5.91 Å². The summed E-state index contributed by atoms with van der Waals surface area (Å²) < 4.78 is 1.94. The summed E-state index contributed by atoms with van der Waals surface area (Å²) in [4.78, 5) is 14.4. The minimum absolute atomic E-state index is 0.0492. The summed E-state index contributed by atoms with van der Waals surface area (Å²) in [6.07, 6.45) is 1.84. The molecule has 0 unspecified atom stereocenters. The summed E-state index contributed by atoms with van der Waals surface area (Å²) >= 11 is 0. The summed E-state index contributed by atoms with van der Waals surface area (Å²) in [5.74, 6) is -0.0492. The summed E-state index contributed by atoms with van der Waals surface area (Å²) in [5, 5.41) is 8.47. The first kappa shape index (κ1) is 17.2. The van der Waals surface area contributed by atoms with Crippen molar-refractivity contribution >= 4 is 16.8 Å². The topological polar surface area (TPSA) is 50.2 Å². The predicted molar refractivity (Wildman–Crippen MR) is 101 cm³/mol. The number of aryl methyl sites for hydroxylation is 1. The third-order valence-corrected chi connectivity index (χ3v) is 4.20. The highest BCUT2D eigenvalue weighted by Crippen LogP contribution is 2.17. The molecule has 1 amide bonds. The Morgan fingerprint density at radius 1 is 1.16 bits per heavy atom. The fraction of sp³-hybridized carbons (Fsp3) is 0.300. The Balaban J connectivity index is 1.79. The molecule has 5 nitrogen and oxygen atoms in total. The van der Waals surface area contributed by atoms with Crippen LogP contribution in [0.2, 0.25) is 0 Å². The maximum absolute atomic E-state index is 12.3. The van der Waals surface area contributed by atoms with Gasteiger partial charge in [-0.05, 0) is 38.7 Å². The summed E-state index contributed by atoms with van der Waals surface area (Å²) in [5.41, 5.74) is 4.07. The van der Waals surface area contributed by atoms with Gasteiger partial charge >= 0.3 is 0 Å². The van der Waals surface area contributed by atoms with E-state index in [1.165, 1.54) is 11.1 Å². The van der Waals surface area contributed by atoms with Gasteiger partial charge in [0.05, 0.1) is 18.3 Å². The van der Waals surface area contributed by atoms with Crippen molar-refractivity contribution in [2.24, 2.45) is 0 Å². The van der Waals surface area contributed by atoms with Gasteiger partial charge in [-0.15, -0.1) is 0 Å².